The highest BCUT2D eigenvalue weighted by molar-refractivity contribution is 6.21. The molecule has 0 aromatic heterocycles. The molecule has 0 bridgehead atoms. The SMILES string of the molecule is ClC(c1ccccc1)C1C2CCCCC21. The molecule has 0 aliphatic heterocycles. The molecular formula is C14H17Cl. The van der Waals surface area contributed by atoms with Crippen molar-refractivity contribution in [3.05, 3.63) is 35.9 Å². The van der Waals surface area contributed by atoms with Crippen LogP contribution in [0, 0.1) is 17.8 Å². The van der Waals surface area contributed by atoms with E-state index in [0.29, 0.717) is 0 Å². The van der Waals surface area contributed by atoms with Crippen molar-refractivity contribution in [2.45, 2.75) is 31.1 Å². The minimum absolute atomic E-state index is 0.263. The molecule has 15 heavy (non-hydrogen) atoms. The van der Waals surface area contributed by atoms with E-state index >= 15 is 0 Å². The molecular weight excluding hydrogens is 204 g/mol. The smallest absolute Gasteiger partial charge is 0.0618 e. The first kappa shape index (κ1) is 9.72. The van der Waals surface area contributed by atoms with Crippen molar-refractivity contribution < 1.29 is 0 Å². The predicted molar refractivity (Wildman–Crippen MR) is 64.0 cm³/mol. The van der Waals surface area contributed by atoms with Gasteiger partial charge in [0.25, 0.3) is 0 Å². The zero-order chi connectivity index (χ0) is 10.3. The minimum atomic E-state index is 0.263. The van der Waals surface area contributed by atoms with Gasteiger partial charge >= 0.3 is 0 Å². The fourth-order valence-electron chi connectivity index (χ4n) is 3.34. The number of halogens is 1. The van der Waals surface area contributed by atoms with E-state index in [9.17, 15) is 0 Å². The highest BCUT2D eigenvalue weighted by Gasteiger charge is 2.53. The molecule has 0 amide bonds. The lowest BCUT2D eigenvalue weighted by molar-refractivity contribution is 0.480. The van der Waals surface area contributed by atoms with E-state index in [4.69, 9.17) is 11.6 Å². The van der Waals surface area contributed by atoms with Gasteiger partial charge in [-0.3, -0.25) is 0 Å². The Hall–Kier alpha value is -0.490. The maximum absolute atomic E-state index is 6.58. The number of rotatable bonds is 2. The van der Waals surface area contributed by atoms with Crippen LogP contribution in [0.25, 0.3) is 0 Å². The van der Waals surface area contributed by atoms with Crippen LogP contribution in [0.1, 0.15) is 36.6 Å². The summed E-state index contributed by atoms with van der Waals surface area (Å²) in [5.41, 5.74) is 1.32. The summed E-state index contributed by atoms with van der Waals surface area (Å²) in [6.45, 7) is 0. The number of hydrogen-bond donors (Lipinski definition) is 0. The second-order valence-corrected chi connectivity index (χ2v) is 5.47. The van der Waals surface area contributed by atoms with E-state index in [1.165, 1.54) is 31.2 Å². The average Bonchev–Trinajstić information content (AvgIpc) is 3.03. The van der Waals surface area contributed by atoms with Crippen molar-refractivity contribution in [3.63, 3.8) is 0 Å². The van der Waals surface area contributed by atoms with Crippen LogP contribution < -0.4 is 0 Å². The second kappa shape index (κ2) is 3.83. The standard InChI is InChI=1S/C14H17Cl/c15-14(10-6-2-1-3-7-10)13-11-8-4-5-9-12(11)13/h1-3,6-7,11-14H,4-5,8-9H2. The van der Waals surface area contributed by atoms with Crippen molar-refractivity contribution in [2.24, 2.45) is 17.8 Å². The summed E-state index contributed by atoms with van der Waals surface area (Å²) in [4.78, 5) is 0. The van der Waals surface area contributed by atoms with Crippen LogP contribution in [-0.4, -0.2) is 0 Å². The molecule has 0 saturated heterocycles. The molecule has 0 spiro atoms. The monoisotopic (exact) mass is 220 g/mol. The highest BCUT2D eigenvalue weighted by Crippen LogP contribution is 2.62. The summed E-state index contributed by atoms with van der Waals surface area (Å²) in [6, 6.07) is 10.6. The molecule has 1 heteroatoms. The van der Waals surface area contributed by atoms with Gasteiger partial charge in [0, 0.05) is 0 Å². The molecule has 3 unspecified atom stereocenters. The molecule has 3 atom stereocenters. The summed E-state index contributed by atoms with van der Waals surface area (Å²) >= 11 is 6.58. The Morgan fingerprint density at radius 1 is 1.00 bits per heavy atom. The van der Waals surface area contributed by atoms with Gasteiger partial charge in [0.15, 0.2) is 0 Å². The van der Waals surface area contributed by atoms with Gasteiger partial charge in [0.05, 0.1) is 5.38 Å². The molecule has 0 nitrogen and oxygen atoms in total. The first-order chi connectivity index (χ1) is 7.38. The van der Waals surface area contributed by atoms with E-state index in [2.05, 4.69) is 30.3 Å². The Morgan fingerprint density at radius 2 is 1.60 bits per heavy atom. The average molecular weight is 221 g/mol. The lowest BCUT2D eigenvalue weighted by Crippen LogP contribution is -1.95. The van der Waals surface area contributed by atoms with Gasteiger partial charge in [-0.1, -0.05) is 43.2 Å². The zero-order valence-electron chi connectivity index (χ0n) is 8.90. The first-order valence-electron chi connectivity index (χ1n) is 6.07. The van der Waals surface area contributed by atoms with Gasteiger partial charge in [-0.05, 0) is 36.2 Å². The molecule has 0 N–H and O–H groups in total. The van der Waals surface area contributed by atoms with Crippen molar-refractivity contribution in [3.8, 4) is 0 Å². The topological polar surface area (TPSA) is 0 Å². The zero-order valence-corrected chi connectivity index (χ0v) is 9.66. The second-order valence-electron chi connectivity index (χ2n) is 5.00. The van der Waals surface area contributed by atoms with E-state index in [0.717, 1.165) is 17.8 Å². The molecule has 2 aliphatic rings. The van der Waals surface area contributed by atoms with Crippen LogP contribution in [0.5, 0.6) is 0 Å². The van der Waals surface area contributed by atoms with Crippen molar-refractivity contribution in [1.82, 2.24) is 0 Å². The fourth-order valence-corrected chi connectivity index (χ4v) is 3.86. The lowest BCUT2D eigenvalue weighted by atomic mass is 10.0. The van der Waals surface area contributed by atoms with Gasteiger partial charge < -0.3 is 0 Å². The Kier molecular flexibility index (Phi) is 2.48. The molecule has 3 rings (SSSR count). The van der Waals surface area contributed by atoms with E-state index in [1.54, 1.807) is 0 Å². The Morgan fingerprint density at radius 3 is 2.20 bits per heavy atom. The van der Waals surface area contributed by atoms with Gasteiger partial charge in [0.1, 0.15) is 0 Å². The largest absolute Gasteiger partial charge is 0.117 e. The van der Waals surface area contributed by atoms with Crippen molar-refractivity contribution >= 4 is 11.6 Å². The molecule has 80 valence electrons. The van der Waals surface area contributed by atoms with Gasteiger partial charge in [0.2, 0.25) is 0 Å². The van der Waals surface area contributed by atoms with Crippen LogP contribution in [0.2, 0.25) is 0 Å². The van der Waals surface area contributed by atoms with Gasteiger partial charge in [-0.15, -0.1) is 11.6 Å². The maximum atomic E-state index is 6.58. The van der Waals surface area contributed by atoms with Gasteiger partial charge in [-0.25, -0.2) is 0 Å². The third kappa shape index (κ3) is 1.69. The third-order valence-electron chi connectivity index (χ3n) is 4.18. The van der Waals surface area contributed by atoms with E-state index < -0.39 is 0 Å². The highest BCUT2D eigenvalue weighted by atomic mass is 35.5. The predicted octanol–water partition coefficient (Wildman–Crippen LogP) is 4.40. The van der Waals surface area contributed by atoms with Crippen LogP contribution in [-0.2, 0) is 0 Å². The fraction of sp³-hybridized carbons (Fsp3) is 0.571. The molecule has 2 aliphatic carbocycles. The molecule has 1 aromatic carbocycles. The normalized spacial score (nSPS) is 35.7. The Labute approximate surface area is 96.6 Å². The minimum Gasteiger partial charge on any atom is -0.117 e. The first-order valence-corrected chi connectivity index (χ1v) is 6.50. The molecule has 2 fully saturated rings. The third-order valence-corrected chi connectivity index (χ3v) is 4.72. The number of hydrogen-bond acceptors (Lipinski definition) is 0. The lowest BCUT2D eigenvalue weighted by Gasteiger charge is -2.08. The van der Waals surface area contributed by atoms with E-state index in [-0.39, 0.29) is 5.38 Å². The van der Waals surface area contributed by atoms with Crippen molar-refractivity contribution in [2.75, 3.05) is 0 Å². The Balaban J connectivity index is 1.74. The van der Waals surface area contributed by atoms with Crippen molar-refractivity contribution in [1.29, 1.82) is 0 Å². The number of benzene rings is 1. The number of fused-ring (bicyclic) bond motifs is 1. The molecule has 0 heterocycles. The van der Waals surface area contributed by atoms with Crippen LogP contribution in [0.4, 0.5) is 0 Å². The quantitative estimate of drug-likeness (QED) is 0.648. The van der Waals surface area contributed by atoms with Crippen LogP contribution in [0.15, 0.2) is 30.3 Å². The Bertz CT molecular complexity index is 320. The molecule has 2 saturated carbocycles. The van der Waals surface area contributed by atoms with E-state index in [1.807, 2.05) is 0 Å². The summed E-state index contributed by atoms with van der Waals surface area (Å²) in [5.74, 6) is 2.67. The summed E-state index contributed by atoms with van der Waals surface area (Å²) in [5, 5.41) is 0.263. The summed E-state index contributed by atoms with van der Waals surface area (Å²) < 4.78 is 0. The molecule has 1 aromatic rings. The van der Waals surface area contributed by atoms with Gasteiger partial charge in [-0.2, -0.15) is 0 Å². The maximum Gasteiger partial charge on any atom is 0.0618 e. The molecule has 0 radical (unpaired) electrons. The number of alkyl halides is 1. The van der Waals surface area contributed by atoms with Crippen LogP contribution >= 0.6 is 11.6 Å². The summed E-state index contributed by atoms with van der Waals surface area (Å²) in [7, 11) is 0. The summed E-state index contributed by atoms with van der Waals surface area (Å²) in [6.07, 6.45) is 5.70. The van der Waals surface area contributed by atoms with Crippen LogP contribution in [0.3, 0.4) is 0 Å².